The number of likely N-dealkylation sites (N-methyl/N-ethyl adjacent to an activating group) is 1. The number of nitrogens with zero attached hydrogens (tertiary/aromatic N) is 1. The Balaban J connectivity index is 1.73. The number of fused-ring (bicyclic) bond motifs is 2. The maximum absolute atomic E-state index is 12.1. The molecule has 1 aromatic rings. The number of benzene rings is 1. The Morgan fingerprint density at radius 3 is 2.74 bits per heavy atom. The van der Waals surface area contributed by atoms with Gasteiger partial charge < -0.3 is 19.1 Å². The lowest BCUT2D eigenvalue weighted by molar-refractivity contribution is 0.0300. The van der Waals surface area contributed by atoms with E-state index >= 15 is 0 Å². The molecule has 0 bridgehead atoms. The number of ether oxygens (including phenoxy) is 3. The van der Waals surface area contributed by atoms with Gasteiger partial charge in [-0.1, -0.05) is 0 Å². The van der Waals surface area contributed by atoms with Crippen LogP contribution in [0.3, 0.4) is 0 Å². The second-order valence-corrected chi connectivity index (χ2v) is 7.17. The second kappa shape index (κ2) is 5.95. The van der Waals surface area contributed by atoms with Crippen LogP contribution in [0, 0.1) is 0 Å². The summed E-state index contributed by atoms with van der Waals surface area (Å²) in [5.41, 5.74) is 3.18. The van der Waals surface area contributed by atoms with E-state index in [4.69, 9.17) is 14.2 Å². The number of hydrogen-bond donors (Lipinski definition) is 0. The quantitative estimate of drug-likeness (QED) is 0.859. The molecular formula is C18H25NO4. The fraction of sp³-hybridized carbons (Fsp3) is 0.611. The summed E-state index contributed by atoms with van der Waals surface area (Å²) in [6.07, 6.45) is 2.31. The minimum Gasteiger partial charge on any atom is -0.493 e. The van der Waals surface area contributed by atoms with Gasteiger partial charge in [0.25, 0.3) is 0 Å². The molecule has 0 fully saturated rings. The fourth-order valence-electron chi connectivity index (χ4n) is 3.06. The van der Waals surface area contributed by atoms with Crippen molar-refractivity contribution in [2.24, 2.45) is 0 Å². The van der Waals surface area contributed by atoms with Gasteiger partial charge in [0.2, 0.25) is 0 Å². The topological polar surface area (TPSA) is 48.0 Å². The third-order valence-corrected chi connectivity index (χ3v) is 4.16. The largest absolute Gasteiger partial charge is 0.493 e. The molecule has 0 aromatic heterocycles. The van der Waals surface area contributed by atoms with Crippen LogP contribution in [0.5, 0.6) is 11.5 Å². The molecule has 1 aromatic carbocycles. The number of carbonyl (C=O) groups is 1. The Labute approximate surface area is 137 Å². The average molecular weight is 319 g/mol. The first kappa shape index (κ1) is 16.0. The molecule has 0 N–H and O–H groups in total. The Morgan fingerprint density at radius 2 is 2.00 bits per heavy atom. The van der Waals surface area contributed by atoms with Crippen LogP contribution in [-0.2, 0) is 24.0 Å². The van der Waals surface area contributed by atoms with Crippen molar-refractivity contribution in [3.8, 4) is 11.5 Å². The molecule has 3 rings (SSSR count). The predicted molar refractivity (Wildman–Crippen MR) is 87.4 cm³/mol. The summed E-state index contributed by atoms with van der Waals surface area (Å²) in [4.78, 5) is 13.7. The third kappa shape index (κ3) is 3.38. The molecule has 0 unspecified atom stereocenters. The summed E-state index contributed by atoms with van der Waals surface area (Å²) in [5.74, 6) is 2.00. The number of carbonyl (C=O) groups excluding carboxylic acids is 1. The Morgan fingerprint density at radius 1 is 1.26 bits per heavy atom. The third-order valence-electron chi connectivity index (χ3n) is 4.16. The molecule has 126 valence electrons. The maximum Gasteiger partial charge on any atom is 0.410 e. The lowest BCUT2D eigenvalue weighted by Crippen LogP contribution is -2.35. The van der Waals surface area contributed by atoms with Crippen molar-refractivity contribution in [2.45, 2.75) is 45.6 Å². The monoisotopic (exact) mass is 319 g/mol. The molecule has 23 heavy (non-hydrogen) atoms. The zero-order valence-electron chi connectivity index (χ0n) is 14.4. The Kier molecular flexibility index (Phi) is 4.13. The van der Waals surface area contributed by atoms with Crippen LogP contribution in [0.4, 0.5) is 4.79 Å². The molecule has 0 spiro atoms. The number of rotatable bonds is 3. The van der Waals surface area contributed by atoms with Gasteiger partial charge in [-0.25, -0.2) is 4.79 Å². The molecule has 2 aliphatic rings. The van der Waals surface area contributed by atoms with Crippen molar-refractivity contribution in [2.75, 3.05) is 26.8 Å². The first-order valence-electron chi connectivity index (χ1n) is 8.22. The van der Waals surface area contributed by atoms with E-state index < -0.39 is 5.60 Å². The average Bonchev–Trinajstić information content (AvgIpc) is 3.09. The first-order valence-corrected chi connectivity index (χ1v) is 8.22. The highest BCUT2D eigenvalue weighted by molar-refractivity contribution is 5.67. The molecule has 5 nitrogen and oxygen atoms in total. The molecule has 0 atom stereocenters. The van der Waals surface area contributed by atoms with Crippen molar-refractivity contribution in [1.29, 1.82) is 0 Å². The van der Waals surface area contributed by atoms with Gasteiger partial charge in [0, 0.05) is 43.1 Å². The molecule has 2 aliphatic heterocycles. The zero-order valence-corrected chi connectivity index (χ0v) is 14.4. The smallest absolute Gasteiger partial charge is 0.410 e. The van der Waals surface area contributed by atoms with Gasteiger partial charge in [-0.15, -0.1) is 0 Å². The maximum atomic E-state index is 12.1. The van der Waals surface area contributed by atoms with Crippen LogP contribution >= 0.6 is 0 Å². The normalized spacial score (nSPS) is 15.5. The molecule has 0 aliphatic carbocycles. The lowest BCUT2D eigenvalue weighted by atomic mass is 9.97. The Bertz CT molecular complexity index is 586. The van der Waals surface area contributed by atoms with Gasteiger partial charge in [0.15, 0.2) is 0 Å². The highest BCUT2D eigenvalue weighted by Crippen LogP contribution is 2.40. The minimum absolute atomic E-state index is 0.293. The van der Waals surface area contributed by atoms with E-state index in [1.54, 1.807) is 11.9 Å². The molecule has 5 heteroatoms. The molecule has 2 heterocycles. The van der Waals surface area contributed by atoms with Crippen LogP contribution in [-0.4, -0.2) is 43.4 Å². The van der Waals surface area contributed by atoms with Crippen molar-refractivity contribution < 1.29 is 19.0 Å². The van der Waals surface area contributed by atoms with Crippen LogP contribution in [0.1, 0.15) is 37.5 Å². The van der Waals surface area contributed by atoms with Gasteiger partial charge in [-0.2, -0.15) is 0 Å². The first-order chi connectivity index (χ1) is 10.8. The number of hydrogen-bond acceptors (Lipinski definition) is 4. The molecule has 0 saturated heterocycles. The van der Waals surface area contributed by atoms with Gasteiger partial charge in [-0.3, -0.25) is 0 Å². The lowest BCUT2D eigenvalue weighted by Gasteiger charge is -2.25. The minimum atomic E-state index is -0.475. The van der Waals surface area contributed by atoms with Crippen molar-refractivity contribution in [3.05, 3.63) is 22.8 Å². The van der Waals surface area contributed by atoms with Crippen LogP contribution in [0.25, 0.3) is 0 Å². The van der Waals surface area contributed by atoms with Crippen molar-refractivity contribution in [3.63, 3.8) is 0 Å². The highest BCUT2D eigenvalue weighted by atomic mass is 16.6. The van der Waals surface area contributed by atoms with E-state index in [2.05, 4.69) is 6.07 Å². The summed E-state index contributed by atoms with van der Waals surface area (Å²) in [6.45, 7) is 7.68. The van der Waals surface area contributed by atoms with E-state index in [0.29, 0.717) is 6.54 Å². The van der Waals surface area contributed by atoms with Gasteiger partial charge in [0.1, 0.15) is 17.1 Å². The fourth-order valence-corrected chi connectivity index (χ4v) is 3.06. The zero-order chi connectivity index (χ0) is 16.6. The summed E-state index contributed by atoms with van der Waals surface area (Å²) in [7, 11) is 1.77. The summed E-state index contributed by atoms with van der Waals surface area (Å²) >= 11 is 0. The van der Waals surface area contributed by atoms with E-state index in [-0.39, 0.29) is 6.09 Å². The van der Waals surface area contributed by atoms with Crippen molar-refractivity contribution >= 4 is 6.09 Å². The SMILES string of the molecule is CN(CCc1c2c(cc3c1OCC3)OCC2)C(=O)OC(C)(C)C. The highest BCUT2D eigenvalue weighted by Gasteiger charge is 2.27. The van der Waals surface area contributed by atoms with E-state index in [1.807, 2.05) is 20.8 Å². The molecule has 0 radical (unpaired) electrons. The van der Waals surface area contributed by atoms with Crippen molar-refractivity contribution in [1.82, 2.24) is 4.90 Å². The summed E-state index contributed by atoms with van der Waals surface area (Å²) in [5, 5.41) is 0. The van der Waals surface area contributed by atoms with Crippen LogP contribution in [0.2, 0.25) is 0 Å². The predicted octanol–water partition coefficient (Wildman–Crippen LogP) is 2.97. The van der Waals surface area contributed by atoms with Gasteiger partial charge >= 0.3 is 6.09 Å². The Hall–Kier alpha value is -1.91. The summed E-state index contributed by atoms with van der Waals surface area (Å²) < 4.78 is 17.0. The second-order valence-electron chi connectivity index (χ2n) is 7.17. The van der Waals surface area contributed by atoms with E-state index in [1.165, 1.54) is 16.7 Å². The van der Waals surface area contributed by atoms with Crippen LogP contribution < -0.4 is 9.47 Å². The van der Waals surface area contributed by atoms with E-state index in [9.17, 15) is 4.79 Å². The molecular weight excluding hydrogens is 294 g/mol. The van der Waals surface area contributed by atoms with E-state index in [0.717, 1.165) is 44.0 Å². The van der Waals surface area contributed by atoms with Crippen LogP contribution in [0.15, 0.2) is 6.07 Å². The number of amides is 1. The van der Waals surface area contributed by atoms with Gasteiger partial charge in [0.05, 0.1) is 13.2 Å². The summed E-state index contributed by atoms with van der Waals surface area (Å²) in [6, 6.07) is 2.12. The molecule has 0 saturated carbocycles. The van der Waals surface area contributed by atoms with Gasteiger partial charge in [-0.05, 0) is 33.3 Å². The standard InChI is InChI=1S/C18H25NO4/c1-18(2,3)23-17(20)19(4)8-5-14-13-7-10-21-15(13)11-12-6-9-22-16(12)14/h11H,5-10H2,1-4H3. The molecule has 1 amide bonds.